The maximum Gasteiger partial charge on any atom is 0.573 e. The minimum Gasteiger partial charge on any atom is -0.406 e. The molecule has 0 aliphatic rings. The van der Waals surface area contributed by atoms with Crippen LogP contribution in [-0.4, -0.2) is 33.0 Å². The second-order valence-electron chi connectivity index (χ2n) is 5.85. The number of ether oxygens (including phenoxy) is 1. The fourth-order valence-electron chi connectivity index (χ4n) is 2.23. The number of nitrogens with one attached hydrogen (secondary N) is 2. The molecule has 0 saturated carbocycles. The summed E-state index contributed by atoms with van der Waals surface area (Å²) in [6.07, 6.45) is -5.03. The van der Waals surface area contributed by atoms with Crippen LogP contribution in [0.15, 0.2) is 53.4 Å². The molecule has 0 aromatic heterocycles. The van der Waals surface area contributed by atoms with Crippen molar-refractivity contribution in [3.05, 3.63) is 54.1 Å². The highest BCUT2D eigenvalue weighted by Gasteiger charge is 2.30. The highest BCUT2D eigenvalue weighted by Crippen LogP contribution is 2.24. The minimum atomic E-state index is -4.81. The number of carbonyl (C=O) groups is 2. The number of Topliss-reactive ketones (excluding diaryl/α,β-unsaturated/α-hetero) is 1. The van der Waals surface area contributed by atoms with Crippen molar-refractivity contribution in [2.24, 2.45) is 0 Å². The van der Waals surface area contributed by atoms with Crippen LogP contribution in [0.2, 0.25) is 0 Å². The van der Waals surface area contributed by atoms with E-state index in [0.29, 0.717) is 0 Å². The number of sulfonamides is 1. The van der Waals surface area contributed by atoms with Gasteiger partial charge in [0, 0.05) is 24.2 Å². The van der Waals surface area contributed by atoms with E-state index in [2.05, 4.69) is 14.8 Å². The number of rotatable bonds is 8. The zero-order valence-corrected chi connectivity index (χ0v) is 15.9. The first-order valence-electron chi connectivity index (χ1n) is 8.22. The van der Waals surface area contributed by atoms with E-state index in [1.165, 1.54) is 43.3 Å². The molecule has 7 nitrogen and oxygen atoms in total. The van der Waals surface area contributed by atoms with Gasteiger partial charge >= 0.3 is 6.36 Å². The Hall–Kier alpha value is -2.92. The number of carbonyl (C=O) groups excluding carboxylic acids is 2. The third kappa shape index (κ3) is 7.20. The van der Waals surface area contributed by atoms with E-state index in [9.17, 15) is 31.2 Å². The SMILES string of the molecule is CC(=O)c1cccc(S(=O)(=O)NCCC(=O)Nc2ccc(OC(F)(F)F)cc2)c1. The summed E-state index contributed by atoms with van der Waals surface area (Å²) >= 11 is 0. The number of halogens is 3. The number of amides is 1. The minimum absolute atomic E-state index is 0.106. The Morgan fingerprint density at radius 1 is 1.07 bits per heavy atom. The van der Waals surface area contributed by atoms with Gasteiger partial charge in [0.2, 0.25) is 15.9 Å². The van der Waals surface area contributed by atoms with Crippen LogP contribution in [0.3, 0.4) is 0 Å². The van der Waals surface area contributed by atoms with Gasteiger partial charge < -0.3 is 10.1 Å². The van der Waals surface area contributed by atoms with Gasteiger partial charge in [0.25, 0.3) is 0 Å². The lowest BCUT2D eigenvalue weighted by Crippen LogP contribution is -2.28. The summed E-state index contributed by atoms with van der Waals surface area (Å²) in [7, 11) is -3.91. The van der Waals surface area contributed by atoms with Crippen molar-refractivity contribution in [3.8, 4) is 5.75 Å². The van der Waals surface area contributed by atoms with Crippen molar-refractivity contribution in [1.82, 2.24) is 4.72 Å². The van der Waals surface area contributed by atoms with Crippen molar-refractivity contribution in [2.45, 2.75) is 24.6 Å². The topological polar surface area (TPSA) is 102 Å². The van der Waals surface area contributed by atoms with Gasteiger partial charge in [-0.2, -0.15) is 0 Å². The monoisotopic (exact) mass is 430 g/mol. The molecule has 0 radical (unpaired) electrons. The van der Waals surface area contributed by atoms with Crippen LogP contribution in [0.5, 0.6) is 5.75 Å². The third-order valence-electron chi connectivity index (χ3n) is 3.57. The molecule has 0 aliphatic heterocycles. The molecule has 2 rings (SSSR count). The van der Waals surface area contributed by atoms with E-state index in [0.717, 1.165) is 12.1 Å². The number of alkyl halides is 3. The predicted molar refractivity (Wildman–Crippen MR) is 98.0 cm³/mol. The van der Waals surface area contributed by atoms with Gasteiger partial charge in [-0.25, -0.2) is 13.1 Å². The molecule has 0 bridgehead atoms. The largest absolute Gasteiger partial charge is 0.573 e. The second-order valence-corrected chi connectivity index (χ2v) is 7.62. The van der Waals surface area contributed by atoms with E-state index in [4.69, 9.17) is 0 Å². The lowest BCUT2D eigenvalue weighted by Gasteiger charge is -2.10. The zero-order chi connectivity index (χ0) is 21.7. The third-order valence-corrected chi connectivity index (χ3v) is 5.03. The van der Waals surface area contributed by atoms with Crippen LogP contribution in [0.25, 0.3) is 0 Å². The molecule has 29 heavy (non-hydrogen) atoms. The van der Waals surface area contributed by atoms with Gasteiger partial charge in [-0.15, -0.1) is 13.2 Å². The molecule has 0 fully saturated rings. The molecule has 0 heterocycles. The van der Waals surface area contributed by atoms with Crippen molar-refractivity contribution in [1.29, 1.82) is 0 Å². The second kappa shape index (κ2) is 9.05. The quantitative estimate of drug-likeness (QED) is 0.627. The lowest BCUT2D eigenvalue weighted by molar-refractivity contribution is -0.274. The van der Waals surface area contributed by atoms with Gasteiger partial charge in [-0.05, 0) is 43.3 Å². The Labute approximate surface area is 164 Å². The highest BCUT2D eigenvalue weighted by molar-refractivity contribution is 7.89. The molecule has 156 valence electrons. The molecule has 2 aromatic carbocycles. The van der Waals surface area contributed by atoms with Crippen LogP contribution in [0, 0.1) is 0 Å². The summed E-state index contributed by atoms with van der Waals surface area (Å²) in [4.78, 5) is 23.1. The van der Waals surface area contributed by atoms with E-state index in [1.807, 2.05) is 0 Å². The summed E-state index contributed by atoms with van der Waals surface area (Å²) in [5, 5.41) is 2.43. The average molecular weight is 430 g/mol. The molecular formula is C18H17F3N2O5S. The summed E-state index contributed by atoms with van der Waals surface area (Å²) in [6, 6.07) is 9.98. The van der Waals surface area contributed by atoms with E-state index >= 15 is 0 Å². The van der Waals surface area contributed by atoms with E-state index in [-0.39, 0.29) is 34.9 Å². The van der Waals surface area contributed by atoms with Gasteiger partial charge in [0.15, 0.2) is 5.78 Å². The van der Waals surface area contributed by atoms with E-state index in [1.54, 1.807) is 0 Å². The molecule has 0 unspecified atom stereocenters. The molecular weight excluding hydrogens is 413 g/mol. The Balaban J connectivity index is 1.88. The maximum atomic E-state index is 12.2. The molecule has 0 atom stereocenters. The molecule has 2 aromatic rings. The number of ketones is 1. The fourth-order valence-corrected chi connectivity index (χ4v) is 3.31. The van der Waals surface area contributed by atoms with Crippen LogP contribution in [-0.2, 0) is 14.8 Å². The van der Waals surface area contributed by atoms with Gasteiger partial charge in [-0.1, -0.05) is 12.1 Å². The van der Waals surface area contributed by atoms with Crippen molar-refractivity contribution in [3.63, 3.8) is 0 Å². The van der Waals surface area contributed by atoms with Gasteiger partial charge in [0.1, 0.15) is 5.75 Å². The molecule has 11 heteroatoms. The normalized spacial score (nSPS) is 11.7. The van der Waals surface area contributed by atoms with Crippen molar-refractivity contribution in [2.75, 3.05) is 11.9 Å². The molecule has 1 amide bonds. The van der Waals surface area contributed by atoms with Crippen molar-refractivity contribution >= 4 is 27.4 Å². The lowest BCUT2D eigenvalue weighted by atomic mass is 10.2. The Kier molecular flexibility index (Phi) is 6.98. The molecule has 2 N–H and O–H groups in total. The van der Waals surface area contributed by atoms with Crippen molar-refractivity contribution < 1.29 is 35.9 Å². The van der Waals surface area contributed by atoms with E-state index < -0.39 is 28.0 Å². The Bertz CT molecular complexity index is 989. The summed E-state index contributed by atoms with van der Waals surface area (Å²) in [6.45, 7) is 1.10. The first-order valence-corrected chi connectivity index (χ1v) is 9.71. The predicted octanol–water partition coefficient (Wildman–Crippen LogP) is 3.09. The first kappa shape index (κ1) is 22.4. The molecule has 0 spiro atoms. The maximum absolute atomic E-state index is 12.2. The summed E-state index contributed by atoms with van der Waals surface area (Å²) < 4.78 is 66.8. The number of hydrogen-bond acceptors (Lipinski definition) is 5. The summed E-state index contributed by atoms with van der Waals surface area (Å²) in [5.74, 6) is -1.26. The van der Waals surface area contributed by atoms with Gasteiger partial charge in [0.05, 0.1) is 4.90 Å². The highest BCUT2D eigenvalue weighted by atomic mass is 32.2. The zero-order valence-electron chi connectivity index (χ0n) is 15.1. The molecule has 0 aliphatic carbocycles. The molecule has 0 saturated heterocycles. The van der Waals surface area contributed by atoms with Gasteiger partial charge in [-0.3, -0.25) is 9.59 Å². The number of anilines is 1. The Morgan fingerprint density at radius 2 is 1.72 bits per heavy atom. The average Bonchev–Trinajstić information content (AvgIpc) is 2.62. The first-order chi connectivity index (χ1) is 13.5. The Morgan fingerprint density at radius 3 is 2.31 bits per heavy atom. The summed E-state index contributed by atoms with van der Waals surface area (Å²) in [5.41, 5.74) is 0.463. The van der Waals surface area contributed by atoms with Crippen LogP contribution in [0.1, 0.15) is 23.7 Å². The van der Waals surface area contributed by atoms with Crippen LogP contribution < -0.4 is 14.8 Å². The van der Waals surface area contributed by atoms with Crippen LogP contribution in [0.4, 0.5) is 18.9 Å². The fraction of sp³-hybridized carbons (Fsp3) is 0.222. The number of hydrogen-bond donors (Lipinski definition) is 2. The standard InChI is InChI=1S/C18H17F3N2O5S/c1-12(24)13-3-2-4-16(11-13)29(26,27)22-10-9-17(25)23-14-5-7-15(8-6-14)28-18(19,20)21/h2-8,11,22H,9-10H2,1H3,(H,23,25). The van der Waals surface area contributed by atoms with Crippen LogP contribution >= 0.6 is 0 Å². The smallest absolute Gasteiger partial charge is 0.406 e. The number of benzene rings is 2.